The lowest BCUT2D eigenvalue weighted by Gasteiger charge is -2.35. The van der Waals surface area contributed by atoms with Gasteiger partial charge in [0.05, 0.1) is 5.75 Å². The largest absolute Gasteiger partial charge is 0.382 e. The average molecular weight is 332 g/mol. The Morgan fingerprint density at radius 3 is 2.67 bits per heavy atom. The van der Waals surface area contributed by atoms with Crippen molar-refractivity contribution in [3.63, 3.8) is 0 Å². The maximum absolute atomic E-state index is 12.2. The van der Waals surface area contributed by atoms with Crippen molar-refractivity contribution in [2.24, 2.45) is 11.8 Å². The molecule has 0 saturated heterocycles. The van der Waals surface area contributed by atoms with Crippen molar-refractivity contribution in [3.05, 3.63) is 0 Å². The van der Waals surface area contributed by atoms with Gasteiger partial charge in [-0.25, -0.2) is 8.42 Å². The molecule has 0 amide bonds. The normalized spacial score (nSPS) is 23.4. The van der Waals surface area contributed by atoms with Crippen LogP contribution in [0.3, 0.4) is 0 Å². The van der Waals surface area contributed by atoms with Gasteiger partial charge in [-0.1, -0.05) is 33.6 Å². The summed E-state index contributed by atoms with van der Waals surface area (Å²) in [4.78, 5) is 0.197. The number of nitrogens with two attached hydrogens (primary N) is 1. The summed E-state index contributed by atoms with van der Waals surface area (Å²) in [6, 6.07) is 0.310. The summed E-state index contributed by atoms with van der Waals surface area (Å²) in [5.74, 6) is 1.32. The molecule has 1 aromatic heterocycles. The monoisotopic (exact) mass is 331 g/mol. The lowest BCUT2D eigenvalue weighted by Crippen LogP contribution is -2.35. The van der Waals surface area contributed by atoms with Crippen LogP contribution in [0.4, 0.5) is 10.8 Å². The molecule has 1 aliphatic rings. The first-order chi connectivity index (χ1) is 9.86. The first-order valence-corrected chi connectivity index (χ1v) is 10.0. The Balaban J connectivity index is 2.27. The molecule has 2 rings (SSSR count). The van der Waals surface area contributed by atoms with Gasteiger partial charge in [0.1, 0.15) is 9.90 Å². The Hall–Kier alpha value is -0.820. The second kappa shape index (κ2) is 6.52. The van der Waals surface area contributed by atoms with Crippen molar-refractivity contribution in [2.75, 3.05) is 16.8 Å². The van der Waals surface area contributed by atoms with Crippen LogP contribution >= 0.6 is 11.5 Å². The van der Waals surface area contributed by atoms with Gasteiger partial charge in [0.2, 0.25) is 0 Å². The van der Waals surface area contributed by atoms with Crippen LogP contribution in [0.15, 0.2) is 4.90 Å². The zero-order chi connectivity index (χ0) is 15.6. The zero-order valence-electron chi connectivity index (χ0n) is 12.9. The number of anilines is 2. The van der Waals surface area contributed by atoms with Crippen LogP contribution < -0.4 is 11.1 Å². The SMILES string of the molecule is CCS(=O)(=O)c1c(N)nsc1NC1CCCCC1C(C)C. The highest BCUT2D eigenvalue weighted by Gasteiger charge is 2.31. The van der Waals surface area contributed by atoms with E-state index in [9.17, 15) is 8.42 Å². The highest BCUT2D eigenvalue weighted by atomic mass is 32.2. The molecule has 120 valence electrons. The van der Waals surface area contributed by atoms with Gasteiger partial charge in [-0.3, -0.25) is 0 Å². The van der Waals surface area contributed by atoms with E-state index in [-0.39, 0.29) is 16.5 Å². The van der Waals surface area contributed by atoms with Crippen LogP contribution in [0.25, 0.3) is 0 Å². The van der Waals surface area contributed by atoms with Crippen molar-refractivity contribution in [2.45, 2.75) is 57.4 Å². The van der Waals surface area contributed by atoms with Crippen LogP contribution in [-0.4, -0.2) is 24.6 Å². The molecule has 0 aliphatic heterocycles. The summed E-state index contributed by atoms with van der Waals surface area (Å²) in [5.41, 5.74) is 5.78. The lowest BCUT2D eigenvalue weighted by molar-refractivity contribution is 0.254. The fraction of sp³-hybridized carbons (Fsp3) is 0.786. The third kappa shape index (κ3) is 3.51. The molecule has 1 fully saturated rings. The van der Waals surface area contributed by atoms with Crippen LogP contribution in [0.5, 0.6) is 0 Å². The highest BCUT2D eigenvalue weighted by molar-refractivity contribution is 7.91. The van der Waals surface area contributed by atoms with E-state index in [2.05, 4.69) is 23.5 Å². The molecule has 2 atom stereocenters. The third-order valence-corrected chi connectivity index (χ3v) is 7.07. The Bertz CT molecular complexity index is 581. The van der Waals surface area contributed by atoms with E-state index in [4.69, 9.17) is 5.73 Å². The number of nitrogen functional groups attached to an aromatic ring is 1. The van der Waals surface area contributed by atoms with Crippen LogP contribution in [0.1, 0.15) is 46.5 Å². The fourth-order valence-corrected chi connectivity index (χ4v) is 5.35. The van der Waals surface area contributed by atoms with Gasteiger partial charge in [0.15, 0.2) is 15.7 Å². The van der Waals surface area contributed by atoms with Gasteiger partial charge in [-0.05, 0) is 36.2 Å². The predicted molar refractivity (Wildman–Crippen MR) is 88.5 cm³/mol. The molecular weight excluding hydrogens is 306 g/mol. The van der Waals surface area contributed by atoms with Crippen molar-refractivity contribution in [1.29, 1.82) is 0 Å². The summed E-state index contributed by atoms with van der Waals surface area (Å²) in [6.07, 6.45) is 4.71. The zero-order valence-corrected chi connectivity index (χ0v) is 14.6. The van der Waals surface area contributed by atoms with E-state index in [1.807, 2.05) is 0 Å². The molecule has 1 heterocycles. The van der Waals surface area contributed by atoms with Crippen molar-refractivity contribution in [3.8, 4) is 0 Å². The van der Waals surface area contributed by atoms with Gasteiger partial charge in [-0.2, -0.15) is 4.37 Å². The molecule has 0 bridgehead atoms. The van der Waals surface area contributed by atoms with E-state index in [1.54, 1.807) is 6.92 Å². The molecule has 5 nitrogen and oxygen atoms in total. The van der Waals surface area contributed by atoms with Crippen molar-refractivity contribution >= 4 is 32.2 Å². The van der Waals surface area contributed by atoms with E-state index in [1.165, 1.54) is 19.3 Å². The van der Waals surface area contributed by atoms with Crippen LogP contribution in [0, 0.1) is 11.8 Å². The minimum Gasteiger partial charge on any atom is -0.382 e. The molecule has 0 radical (unpaired) electrons. The molecule has 1 aromatic rings. The molecule has 0 spiro atoms. The average Bonchev–Trinajstić information content (AvgIpc) is 2.81. The van der Waals surface area contributed by atoms with Crippen LogP contribution in [-0.2, 0) is 9.84 Å². The second-order valence-corrected chi connectivity index (χ2v) is 9.06. The number of hydrogen-bond acceptors (Lipinski definition) is 6. The van der Waals surface area contributed by atoms with E-state index < -0.39 is 9.84 Å². The minimum atomic E-state index is -3.34. The van der Waals surface area contributed by atoms with E-state index in [0.29, 0.717) is 22.9 Å². The molecule has 7 heteroatoms. The first-order valence-electron chi connectivity index (χ1n) is 7.61. The predicted octanol–water partition coefficient (Wildman–Crippen LogP) is 3.15. The summed E-state index contributed by atoms with van der Waals surface area (Å²) < 4.78 is 28.5. The molecule has 1 aliphatic carbocycles. The number of aromatic nitrogens is 1. The lowest BCUT2D eigenvalue weighted by atomic mass is 9.78. The Kier molecular flexibility index (Phi) is 5.14. The number of rotatable bonds is 5. The highest BCUT2D eigenvalue weighted by Crippen LogP contribution is 2.37. The summed E-state index contributed by atoms with van der Waals surface area (Å²) in [5, 5.41) is 4.06. The standard InChI is InChI=1S/C14H25N3O2S2/c1-4-21(18,19)12-13(15)17-20-14(12)16-11-8-6-5-7-10(11)9(2)3/h9-11,16H,4-8H2,1-3H3,(H2,15,17). The summed E-state index contributed by atoms with van der Waals surface area (Å²) in [7, 11) is -3.34. The van der Waals surface area contributed by atoms with Crippen molar-refractivity contribution < 1.29 is 8.42 Å². The third-order valence-electron chi connectivity index (χ3n) is 4.36. The number of nitrogens with one attached hydrogen (secondary N) is 1. The van der Waals surface area contributed by atoms with E-state index in [0.717, 1.165) is 18.0 Å². The quantitative estimate of drug-likeness (QED) is 0.865. The molecule has 21 heavy (non-hydrogen) atoms. The Morgan fingerprint density at radius 1 is 1.38 bits per heavy atom. The maximum Gasteiger partial charge on any atom is 0.184 e. The van der Waals surface area contributed by atoms with Gasteiger partial charge < -0.3 is 11.1 Å². The van der Waals surface area contributed by atoms with E-state index >= 15 is 0 Å². The van der Waals surface area contributed by atoms with Crippen molar-refractivity contribution in [1.82, 2.24) is 4.37 Å². The first kappa shape index (κ1) is 16.5. The van der Waals surface area contributed by atoms with Gasteiger partial charge >= 0.3 is 0 Å². The molecule has 2 unspecified atom stereocenters. The molecule has 3 N–H and O–H groups in total. The smallest absolute Gasteiger partial charge is 0.184 e. The van der Waals surface area contributed by atoms with Gasteiger partial charge in [0.25, 0.3) is 0 Å². The summed E-state index contributed by atoms with van der Waals surface area (Å²) in [6.45, 7) is 6.10. The minimum absolute atomic E-state index is 0.0442. The number of hydrogen-bond donors (Lipinski definition) is 2. The second-order valence-electron chi connectivity index (χ2n) is 6.07. The topological polar surface area (TPSA) is 85.1 Å². The molecule has 1 saturated carbocycles. The van der Waals surface area contributed by atoms with Gasteiger partial charge in [-0.15, -0.1) is 0 Å². The Labute approximate surface area is 131 Å². The molecular formula is C14H25N3O2S2. The summed E-state index contributed by atoms with van der Waals surface area (Å²) >= 11 is 1.16. The maximum atomic E-state index is 12.2. The fourth-order valence-electron chi connectivity index (χ4n) is 3.14. The van der Waals surface area contributed by atoms with Crippen LogP contribution in [0.2, 0.25) is 0 Å². The number of sulfone groups is 1. The Morgan fingerprint density at radius 2 is 2.05 bits per heavy atom. The number of nitrogens with zero attached hydrogens (tertiary/aromatic N) is 1. The van der Waals surface area contributed by atoms with Gasteiger partial charge in [0, 0.05) is 6.04 Å². The molecule has 0 aromatic carbocycles.